The summed E-state index contributed by atoms with van der Waals surface area (Å²) in [5.41, 5.74) is -2.22. The molecule has 4 atom stereocenters. The fourth-order valence-corrected chi connectivity index (χ4v) is 5.13. The smallest absolute Gasteiger partial charge is 0.228 e. The minimum absolute atomic E-state index is 0.151. The first-order valence-corrected chi connectivity index (χ1v) is 12.1. The van der Waals surface area contributed by atoms with Crippen LogP contribution in [0.25, 0.3) is 11.1 Å². The van der Waals surface area contributed by atoms with Gasteiger partial charge in [-0.1, -0.05) is 12.1 Å². The quantitative estimate of drug-likeness (QED) is 0.179. The highest BCUT2D eigenvalue weighted by Crippen LogP contribution is 2.50. The second kappa shape index (κ2) is 9.61. The molecule has 1 saturated heterocycles. The Balaban J connectivity index is 1.72. The highest BCUT2D eigenvalue weighted by molar-refractivity contribution is 6.32. The zero-order valence-corrected chi connectivity index (χ0v) is 21.1. The summed E-state index contributed by atoms with van der Waals surface area (Å²) in [7, 11) is 0. The number of aromatic hydroxyl groups is 4. The molecular weight excluding hydrogens is 528 g/mol. The van der Waals surface area contributed by atoms with Crippen molar-refractivity contribution in [2.45, 2.75) is 38.4 Å². The van der Waals surface area contributed by atoms with Gasteiger partial charge in [0, 0.05) is 22.8 Å². The first-order chi connectivity index (χ1) is 18.8. The Bertz CT molecular complexity index is 1610. The van der Waals surface area contributed by atoms with Crippen LogP contribution >= 0.6 is 0 Å². The maximum atomic E-state index is 13.7. The van der Waals surface area contributed by atoms with Gasteiger partial charge in [0.15, 0.2) is 11.6 Å². The molecule has 7 N–H and O–H groups in total. The van der Waals surface area contributed by atoms with Crippen LogP contribution in [0.2, 0.25) is 0 Å². The summed E-state index contributed by atoms with van der Waals surface area (Å²) in [5.74, 6) is -5.45. The Morgan fingerprint density at radius 2 is 1.52 bits per heavy atom. The molecule has 1 aliphatic heterocycles. The predicted molar refractivity (Wildman–Crippen MR) is 135 cm³/mol. The molecule has 12 heteroatoms. The summed E-state index contributed by atoms with van der Waals surface area (Å²) in [6, 6.07) is 5.93. The van der Waals surface area contributed by atoms with Crippen molar-refractivity contribution >= 4 is 17.3 Å². The van der Waals surface area contributed by atoms with E-state index in [9.17, 15) is 50.1 Å². The lowest BCUT2D eigenvalue weighted by Crippen LogP contribution is -2.54. The van der Waals surface area contributed by atoms with Gasteiger partial charge in [-0.15, -0.1) is 0 Å². The van der Waals surface area contributed by atoms with E-state index in [-0.39, 0.29) is 27.8 Å². The number of hydrogen-bond acceptors (Lipinski definition) is 12. The van der Waals surface area contributed by atoms with Crippen molar-refractivity contribution in [2.24, 2.45) is 0 Å². The third-order valence-electron chi connectivity index (χ3n) is 7.02. The predicted octanol–water partition coefficient (Wildman–Crippen LogP) is 1.28. The van der Waals surface area contributed by atoms with Crippen LogP contribution in [0.15, 0.2) is 30.3 Å². The summed E-state index contributed by atoms with van der Waals surface area (Å²) in [6.07, 6.45) is -6.38. The molecule has 0 spiro atoms. The van der Waals surface area contributed by atoms with E-state index >= 15 is 0 Å². The van der Waals surface area contributed by atoms with E-state index in [2.05, 4.69) is 0 Å². The Morgan fingerprint density at radius 1 is 0.850 bits per heavy atom. The minimum Gasteiger partial charge on any atom is -0.507 e. The van der Waals surface area contributed by atoms with Crippen LogP contribution in [0.5, 0.6) is 28.7 Å². The zero-order valence-electron chi connectivity index (χ0n) is 21.1. The van der Waals surface area contributed by atoms with Crippen LogP contribution in [0.4, 0.5) is 0 Å². The van der Waals surface area contributed by atoms with Gasteiger partial charge in [-0.3, -0.25) is 14.4 Å². The first kappa shape index (κ1) is 27.1. The number of Topliss-reactive ketones (excluding diaryl/α,β-unsaturated/α-hetero) is 1. The topological polar surface area (TPSA) is 211 Å². The molecule has 0 aromatic heterocycles. The van der Waals surface area contributed by atoms with E-state index in [1.807, 2.05) is 0 Å². The molecule has 12 nitrogen and oxygen atoms in total. The average Bonchev–Trinajstić information content (AvgIpc) is 2.88. The van der Waals surface area contributed by atoms with Crippen molar-refractivity contribution in [1.82, 2.24) is 0 Å². The van der Waals surface area contributed by atoms with Gasteiger partial charge in [-0.05, 0) is 31.5 Å². The second-order valence-electron chi connectivity index (χ2n) is 9.61. The number of carbonyl (C=O) groups is 3. The molecule has 3 aromatic carbocycles. The molecule has 0 unspecified atom stereocenters. The van der Waals surface area contributed by atoms with Crippen molar-refractivity contribution in [3.8, 4) is 39.9 Å². The van der Waals surface area contributed by atoms with E-state index in [0.717, 1.165) is 19.1 Å². The Labute approximate surface area is 225 Å². The first-order valence-electron chi connectivity index (χ1n) is 12.1. The van der Waals surface area contributed by atoms with Gasteiger partial charge in [-0.25, -0.2) is 0 Å². The van der Waals surface area contributed by atoms with E-state index in [4.69, 9.17) is 9.47 Å². The standard InChI is InChI=1S/C28H24O12/c1-9-6-13(31)21-22(23(34)11-4-3-5-12(30)19(11)26(21)37)17(9)20-14(32)7-16(18(10(2)29)25(20)36)40-28-27(38)24(35)15(33)8-39-28/h3-7,15,24,27-28,30-33,35-36,38H,8H2,1-2H3/t15-,24+,27-,28+/m1/s1. The second-order valence-corrected chi connectivity index (χ2v) is 9.61. The molecule has 1 aliphatic carbocycles. The summed E-state index contributed by atoms with van der Waals surface area (Å²) < 4.78 is 10.7. The molecule has 0 bridgehead atoms. The maximum Gasteiger partial charge on any atom is 0.228 e. The van der Waals surface area contributed by atoms with Crippen molar-refractivity contribution in [3.05, 3.63) is 63.7 Å². The van der Waals surface area contributed by atoms with Crippen LogP contribution in [-0.2, 0) is 4.74 Å². The van der Waals surface area contributed by atoms with Gasteiger partial charge >= 0.3 is 0 Å². The summed E-state index contributed by atoms with van der Waals surface area (Å²) in [6.45, 7) is 2.10. The van der Waals surface area contributed by atoms with E-state index < -0.39 is 94.0 Å². The average molecular weight is 552 g/mol. The molecule has 0 radical (unpaired) electrons. The van der Waals surface area contributed by atoms with Gasteiger partial charge in [-0.2, -0.15) is 0 Å². The van der Waals surface area contributed by atoms with Crippen LogP contribution in [-0.4, -0.2) is 84.3 Å². The van der Waals surface area contributed by atoms with Crippen molar-refractivity contribution in [3.63, 3.8) is 0 Å². The summed E-state index contributed by atoms with van der Waals surface area (Å²) in [5, 5.41) is 73.1. The SMILES string of the molecule is CC(=O)c1c(O[C@@H]2OC[C@@H](O)[C@H](O)[C@H]2O)cc(O)c(-c2c(C)cc(O)c3c2C(=O)c2cccc(O)c2C3=O)c1O. The number of aliphatic hydroxyl groups excluding tert-OH is 3. The van der Waals surface area contributed by atoms with Gasteiger partial charge in [0.1, 0.15) is 52.6 Å². The van der Waals surface area contributed by atoms with Crippen LogP contribution in [0.3, 0.4) is 0 Å². The van der Waals surface area contributed by atoms with Crippen molar-refractivity contribution in [2.75, 3.05) is 6.61 Å². The molecule has 5 rings (SSSR count). The highest BCUT2D eigenvalue weighted by atomic mass is 16.7. The third kappa shape index (κ3) is 3.97. The Morgan fingerprint density at radius 3 is 2.20 bits per heavy atom. The molecule has 1 fully saturated rings. The number of hydrogen-bond donors (Lipinski definition) is 7. The fourth-order valence-electron chi connectivity index (χ4n) is 5.13. The van der Waals surface area contributed by atoms with Crippen LogP contribution in [0.1, 0.15) is 54.7 Å². The van der Waals surface area contributed by atoms with E-state index in [0.29, 0.717) is 0 Å². The van der Waals surface area contributed by atoms with Gasteiger partial charge in [0.05, 0.1) is 23.3 Å². The maximum absolute atomic E-state index is 13.7. The number of ether oxygens (including phenoxy) is 2. The number of ketones is 3. The number of phenols is 4. The van der Waals surface area contributed by atoms with Gasteiger partial charge in [0.25, 0.3) is 0 Å². The molecule has 1 heterocycles. The lowest BCUT2D eigenvalue weighted by molar-refractivity contribution is -0.242. The van der Waals surface area contributed by atoms with E-state index in [1.165, 1.54) is 25.1 Å². The number of phenolic OH excluding ortho intramolecular Hbond substituents is 4. The fraction of sp³-hybridized carbons (Fsp3) is 0.250. The summed E-state index contributed by atoms with van der Waals surface area (Å²) in [4.78, 5) is 39.7. The number of benzene rings is 3. The van der Waals surface area contributed by atoms with E-state index in [1.54, 1.807) is 0 Å². The lowest BCUT2D eigenvalue weighted by Gasteiger charge is -2.35. The molecule has 0 saturated carbocycles. The monoisotopic (exact) mass is 552 g/mol. The molecular formula is C28H24O12. The van der Waals surface area contributed by atoms with Crippen molar-refractivity contribution < 1.29 is 59.6 Å². The van der Waals surface area contributed by atoms with Crippen LogP contribution in [0, 0.1) is 6.92 Å². The lowest BCUT2D eigenvalue weighted by atomic mass is 9.77. The van der Waals surface area contributed by atoms with Gasteiger partial charge < -0.3 is 45.2 Å². The number of aryl methyl sites for hydroxylation is 1. The van der Waals surface area contributed by atoms with Gasteiger partial charge in [0.2, 0.25) is 12.1 Å². The van der Waals surface area contributed by atoms with Crippen molar-refractivity contribution in [1.29, 1.82) is 0 Å². The molecule has 40 heavy (non-hydrogen) atoms. The minimum atomic E-state index is -1.75. The van der Waals surface area contributed by atoms with Crippen LogP contribution < -0.4 is 4.74 Å². The Kier molecular flexibility index (Phi) is 6.51. The largest absolute Gasteiger partial charge is 0.507 e. The number of fused-ring (bicyclic) bond motifs is 2. The normalized spacial score (nSPS) is 22.0. The Hall–Kier alpha value is -4.49. The molecule has 208 valence electrons. The highest BCUT2D eigenvalue weighted by Gasteiger charge is 2.41. The summed E-state index contributed by atoms with van der Waals surface area (Å²) >= 11 is 0. The molecule has 0 amide bonds. The third-order valence-corrected chi connectivity index (χ3v) is 7.02. The zero-order chi connectivity index (χ0) is 29.2. The number of rotatable bonds is 4. The number of aliphatic hydroxyl groups is 3. The molecule has 3 aromatic rings. The molecule has 2 aliphatic rings. The number of carbonyl (C=O) groups excluding carboxylic acids is 3.